The minimum Gasteiger partial charge on any atom is -0.340 e. The molecule has 1 saturated heterocycles. The first-order valence-electron chi connectivity index (χ1n) is 7.54. The van der Waals surface area contributed by atoms with Crippen LogP contribution in [0.4, 0.5) is 0 Å². The van der Waals surface area contributed by atoms with Crippen molar-refractivity contribution in [3.63, 3.8) is 0 Å². The van der Waals surface area contributed by atoms with Gasteiger partial charge >= 0.3 is 0 Å². The predicted molar refractivity (Wildman–Crippen MR) is 87.4 cm³/mol. The van der Waals surface area contributed by atoms with Crippen molar-refractivity contribution < 1.29 is 13.2 Å². The average Bonchev–Trinajstić information content (AvgIpc) is 3.14. The van der Waals surface area contributed by atoms with Crippen LogP contribution in [0.15, 0.2) is 24.3 Å². The molecular formula is C15H20N4O3S. The number of sulfonamides is 1. The summed E-state index contributed by atoms with van der Waals surface area (Å²) in [5, 5.41) is -0.530. The van der Waals surface area contributed by atoms with E-state index < -0.39 is 15.3 Å². The zero-order chi connectivity index (χ0) is 16.6. The SMILES string of the molecule is CNS(=O)(=O)C1CCN(C(=O)Cn2c(C)nc3ccccc32)C1. The standard InChI is InChI=1S/C15H20N4O3S/c1-11-17-13-5-3-4-6-14(13)19(11)10-15(20)18-8-7-12(9-18)23(21,22)16-2/h3-6,12,16H,7-10H2,1-2H3. The molecule has 7 nitrogen and oxygen atoms in total. The van der Waals surface area contributed by atoms with Crippen LogP contribution >= 0.6 is 0 Å². The van der Waals surface area contributed by atoms with Crippen LogP contribution in [-0.4, -0.2) is 54.2 Å². The lowest BCUT2D eigenvalue weighted by Crippen LogP contribution is -2.37. The van der Waals surface area contributed by atoms with Crippen molar-refractivity contribution in [1.82, 2.24) is 19.2 Å². The van der Waals surface area contributed by atoms with E-state index >= 15 is 0 Å². The summed E-state index contributed by atoms with van der Waals surface area (Å²) in [6.07, 6.45) is 0.471. The number of aryl methyl sites for hydroxylation is 1. The molecule has 1 unspecified atom stereocenters. The molecule has 2 heterocycles. The number of hydrogen-bond donors (Lipinski definition) is 1. The van der Waals surface area contributed by atoms with Gasteiger partial charge in [0.25, 0.3) is 0 Å². The fraction of sp³-hybridized carbons (Fsp3) is 0.467. The summed E-state index contributed by atoms with van der Waals surface area (Å²) in [6.45, 7) is 2.76. The molecule has 1 atom stereocenters. The molecule has 1 fully saturated rings. The van der Waals surface area contributed by atoms with Gasteiger partial charge < -0.3 is 9.47 Å². The fourth-order valence-corrected chi connectivity index (χ4v) is 4.13. The lowest BCUT2D eigenvalue weighted by molar-refractivity contribution is -0.130. The van der Waals surface area contributed by atoms with Gasteiger partial charge in [0.15, 0.2) is 0 Å². The Morgan fingerprint density at radius 3 is 2.87 bits per heavy atom. The molecule has 1 N–H and O–H groups in total. The molecule has 1 aliphatic heterocycles. The minimum absolute atomic E-state index is 0.0787. The van der Waals surface area contributed by atoms with Gasteiger partial charge in [0.2, 0.25) is 15.9 Å². The van der Waals surface area contributed by atoms with E-state index in [2.05, 4.69) is 9.71 Å². The minimum atomic E-state index is -3.33. The molecule has 1 aromatic heterocycles. The van der Waals surface area contributed by atoms with Crippen molar-refractivity contribution in [2.75, 3.05) is 20.1 Å². The number of fused-ring (bicyclic) bond motifs is 1. The third kappa shape index (κ3) is 2.96. The van der Waals surface area contributed by atoms with Crippen LogP contribution < -0.4 is 4.72 Å². The van der Waals surface area contributed by atoms with Gasteiger partial charge in [-0.05, 0) is 32.5 Å². The highest BCUT2D eigenvalue weighted by Crippen LogP contribution is 2.19. The number of rotatable bonds is 4. The highest BCUT2D eigenvalue weighted by molar-refractivity contribution is 7.90. The second-order valence-electron chi connectivity index (χ2n) is 5.73. The first-order valence-corrected chi connectivity index (χ1v) is 9.09. The molecule has 0 bridgehead atoms. The lowest BCUT2D eigenvalue weighted by Gasteiger charge is -2.17. The second-order valence-corrected chi connectivity index (χ2v) is 7.90. The van der Waals surface area contributed by atoms with Crippen LogP contribution in [0.25, 0.3) is 11.0 Å². The number of carbonyl (C=O) groups excluding carboxylic acids is 1. The van der Waals surface area contributed by atoms with Crippen LogP contribution in [0.2, 0.25) is 0 Å². The maximum atomic E-state index is 12.5. The molecule has 23 heavy (non-hydrogen) atoms. The molecule has 0 saturated carbocycles. The Morgan fingerprint density at radius 1 is 1.39 bits per heavy atom. The van der Waals surface area contributed by atoms with E-state index in [0.29, 0.717) is 13.0 Å². The van der Waals surface area contributed by atoms with Gasteiger partial charge in [0.1, 0.15) is 12.4 Å². The van der Waals surface area contributed by atoms with E-state index in [1.54, 1.807) is 4.90 Å². The number of nitrogens with one attached hydrogen (secondary N) is 1. The summed E-state index contributed by atoms with van der Waals surface area (Å²) in [7, 11) is -1.93. The van der Waals surface area contributed by atoms with Crippen LogP contribution in [0.1, 0.15) is 12.2 Å². The number of carbonyl (C=O) groups is 1. The quantitative estimate of drug-likeness (QED) is 0.881. The monoisotopic (exact) mass is 336 g/mol. The first-order chi connectivity index (χ1) is 10.9. The number of hydrogen-bond acceptors (Lipinski definition) is 4. The number of para-hydroxylation sites is 2. The molecule has 3 rings (SSSR count). The van der Waals surface area contributed by atoms with Crippen LogP contribution in [0, 0.1) is 6.92 Å². The number of benzene rings is 1. The third-order valence-corrected chi connectivity index (χ3v) is 6.19. The second kappa shape index (κ2) is 5.93. The molecule has 1 amide bonds. The zero-order valence-corrected chi connectivity index (χ0v) is 14.0. The van der Waals surface area contributed by atoms with E-state index in [1.165, 1.54) is 7.05 Å². The van der Waals surface area contributed by atoms with E-state index in [4.69, 9.17) is 0 Å². The molecule has 0 aliphatic carbocycles. The summed E-state index contributed by atoms with van der Waals surface area (Å²) >= 11 is 0. The van der Waals surface area contributed by atoms with E-state index in [9.17, 15) is 13.2 Å². The number of aromatic nitrogens is 2. The Bertz CT molecular complexity index is 844. The topological polar surface area (TPSA) is 84.3 Å². The normalized spacial score (nSPS) is 18.7. The summed E-state index contributed by atoms with van der Waals surface area (Å²) in [4.78, 5) is 18.6. The van der Waals surface area contributed by atoms with Crippen molar-refractivity contribution in [3.05, 3.63) is 30.1 Å². The maximum Gasteiger partial charge on any atom is 0.242 e. The van der Waals surface area contributed by atoms with Gasteiger partial charge in [0.05, 0.1) is 16.3 Å². The van der Waals surface area contributed by atoms with Crippen molar-refractivity contribution in [2.24, 2.45) is 0 Å². The number of likely N-dealkylation sites (tertiary alicyclic amines) is 1. The summed E-state index contributed by atoms with van der Waals surface area (Å²) in [5.41, 5.74) is 1.77. The highest BCUT2D eigenvalue weighted by Gasteiger charge is 2.34. The van der Waals surface area contributed by atoms with Crippen molar-refractivity contribution in [1.29, 1.82) is 0 Å². The van der Waals surface area contributed by atoms with E-state index in [1.807, 2.05) is 35.8 Å². The molecule has 1 aromatic carbocycles. The molecular weight excluding hydrogens is 316 g/mol. The summed E-state index contributed by atoms with van der Waals surface area (Å²) < 4.78 is 27.9. The largest absolute Gasteiger partial charge is 0.340 e. The fourth-order valence-electron chi connectivity index (χ4n) is 3.01. The van der Waals surface area contributed by atoms with Crippen molar-refractivity contribution in [3.8, 4) is 0 Å². The molecule has 0 radical (unpaired) electrons. The van der Waals surface area contributed by atoms with E-state index in [0.717, 1.165) is 16.9 Å². The number of imidazole rings is 1. The van der Waals surface area contributed by atoms with Gasteiger partial charge in [-0.1, -0.05) is 12.1 Å². The predicted octanol–water partition coefficient (Wildman–Crippen LogP) is 0.495. The molecule has 0 spiro atoms. The number of nitrogens with zero attached hydrogens (tertiary/aromatic N) is 3. The average molecular weight is 336 g/mol. The Kier molecular flexibility index (Phi) is 4.11. The van der Waals surface area contributed by atoms with Crippen molar-refractivity contribution >= 4 is 27.0 Å². The zero-order valence-electron chi connectivity index (χ0n) is 13.2. The van der Waals surface area contributed by atoms with Crippen molar-refractivity contribution in [2.45, 2.75) is 25.1 Å². The summed E-state index contributed by atoms with van der Waals surface area (Å²) in [6, 6.07) is 7.67. The molecule has 2 aromatic rings. The van der Waals surface area contributed by atoms with Crippen LogP contribution in [0.3, 0.4) is 0 Å². The molecule has 124 valence electrons. The smallest absolute Gasteiger partial charge is 0.242 e. The molecule has 1 aliphatic rings. The third-order valence-electron chi connectivity index (χ3n) is 4.36. The van der Waals surface area contributed by atoms with Gasteiger partial charge in [-0.15, -0.1) is 0 Å². The van der Waals surface area contributed by atoms with Gasteiger partial charge in [0, 0.05) is 13.1 Å². The number of amides is 1. The van der Waals surface area contributed by atoms with Crippen LogP contribution in [0.5, 0.6) is 0 Å². The summed E-state index contributed by atoms with van der Waals surface area (Å²) in [5.74, 6) is 0.697. The maximum absolute atomic E-state index is 12.5. The lowest BCUT2D eigenvalue weighted by atomic mass is 10.3. The van der Waals surface area contributed by atoms with E-state index in [-0.39, 0.29) is 19.0 Å². The van der Waals surface area contributed by atoms with Crippen LogP contribution in [-0.2, 0) is 21.4 Å². The Balaban J connectivity index is 1.76. The molecule has 8 heteroatoms. The van der Waals surface area contributed by atoms with Gasteiger partial charge in [-0.2, -0.15) is 0 Å². The van der Waals surface area contributed by atoms with Gasteiger partial charge in [-0.25, -0.2) is 18.1 Å². The highest BCUT2D eigenvalue weighted by atomic mass is 32.2. The van der Waals surface area contributed by atoms with Gasteiger partial charge in [-0.3, -0.25) is 4.79 Å². The Labute approximate surface area is 135 Å². The Hall–Kier alpha value is -1.93. The first kappa shape index (κ1) is 15.9. The Morgan fingerprint density at radius 2 is 2.13 bits per heavy atom.